The van der Waals surface area contributed by atoms with Crippen molar-refractivity contribution in [3.63, 3.8) is 0 Å². The number of nitriles is 1. The van der Waals surface area contributed by atoms with E-state index in [0.29, 0.717) is 55.9 Å². The molecule has 2 amide bonds. The Balaban J connectivity index is 1.26. The zero-order valence-corrected chi connectivity index (χ0v) is 21.2. The molecule has 0 aliphatic carbocycles. The van der Waals surface area contributed by atoms with Crippen molar-refractivity contribution in [3.8, 4) is 22.9 Å². The van der Waals surface area contributed by atoms with Crippen LogP contribution in [0.25, 0.3) is 21.5 Å². The highest BCUT2D eigenvalue weighted by molar-refractivity contribution is 5.90. The van der Waals surface area contributed by atoms with Gasteiger partial charge in [-0.1, -0.05) is 6.58 Å². The van der Waals surface area contributed by atoms with Crippen LogP contribution >= 0.6 is 0 Å². The number of fused-ring (bicyclic) bond motifs is 1. The van der Waals surface area contributed by atoms with E-state index in [9.17, 15) is 14.9 Å². The Hall–Kier alpha value is -4.64. The number of aromatic nitrogens is 4. The van der Waals surface area contributed by atoms with Gasteiger partial charge in [-0.25, -0.2) is 11.1 Å². The molecule has 11 heteroatoms. The van der Waals surface area contributed by atoms with Gasteiger partial charge in [-0.05, 0) is 25.0 Å². The van der Waals surface area contributed by atoms with Gasteiger partial charge in [-0.15, -0.1) is 0 Å². The lowest BCUT2D eigenvalue weighted by Gasteiger charge is -2.38. The summed E-state index contributed by atoms with van der Waals surface area (Å²) in [7, 11) is 1.56. The molecule has 0 spiro atoms. The van der Waals surface area contributed by atoms with Gasteiger partial charge in [0, 0.05) is 49.7 Å². The molecule has 3 aromatic heterocycles. The standard InChI is InChI=1S/C27H28N8O3/c1-4-24(36)32-11-7-27(29-2,8-12-32)26(37)33-9-5-22(6-10-33)34-18-21(16-30-34)19-13-23(38-3)25-20(14-28)15-31-35(25)17-19/h4,13,15-18,22H,1,5-12H2,3H3. The average Bonchev–Trinajstić information content (AvgIpc) is 3.63. The second-order valence-corrected chi connectivity index (χ2v) is 9.67. The molecule has 38 heavy (non-hydrogen) atoms. The van der Waals surface area contributed by atoms with Crippen LogP contribution in [0, 0.1) is 17.9 Å². The molecule has 2 saturated heterocycles. The molecule has 194 valence electrons. The molecule has 0 unspecified atom stereocenters. The summed E-state index contributed by atoms with van der Waals surface area (Å²) < 4.78 is 9.09. The molecule has 2 aliphatic rings. The molecule has 11 nitrogen and oxygen atoms in total. The minimum absolute atomic E-state index is 0.129. The summed E-state index contributed by atoms with van der Waals surface area (Å²) in [5.74, 6) is 0.268. The van der Waals surface area contributed by atoms with Gasteiger partial charge in [0.25, 0.3) is 0 Å². The minimum atomic E-state index is -1.10. The Morgan fingerprint density at radius 3 is 2.53 bits per heavy atom. The van der Waals surface area contributed by atoms with Gasteiger partial charge in [0.05, 0.1) is 38.4 Å². The van der Waals surface area contributed by atoms with Crippen LogP contribution in [-0.2, 0) is 9.59 Å². The highest BCUT2D eigenvalue weighted by atomic mass is 16.5. The summed E-state index contributed by atoms with van der Waals surface area (Å²) >= 11 is 0. The Bertz CT molecular complexity index is 1470. The summed E-state index contributed by atoms with van der Waals surface area (Å²) in [6.45, 7) is 13.2. The number of pyridine rings is 1. The largest absolute Gasteiger partial charge is 0.494 e. The second-order valence-electron chi connectivity index (χ2n) is 9.67. The molecule has 0 aromatic carbocycles. The van der Waals surface area contributed by atoms with E-state index in [-0.39, 0.29) is 17.9 Å². The van der Waals surface area contributed by atoms with E-state index in [1.807, 2.05) is 23.1 Å². The fraction of sp³-hybridized carbons (Fsp3) is 0.407. The van der Waals surface area contributed by atoms with E-state index in [4.69, 9.17) is 11.3 Å². The van der Waals surface area contributed by atoms with Crippen LogP contribution in [0.3, 0.4) is 0 Å². The van der Waals surface area contributed by atoms with Gasteiger partial charge < -0.3 is 14.5 Å². The first-order valence-corrected chi connectivity index (χ1v) is 12.5. The van der Waals surface area contributed by atoms with Crippen LogP contribution in [0.15, 0.2) is 43.5 Å². The number of hydrogen-bond acceptors (Lipinski definition) is 6. The maximum Gasteiger partial charge on any atom is 0.312 e. The van der Waals surface area contributed by atoms with Crippen LogP contribution in [0.1, 0.15) is 37.3 Å². The van der Waals surface area contributed by atoms with Gasteiger partial charge in [0.1, 0.15) is 22.9 Å². The van der Waals surface area contributed by atoms with Crippen molar-refractivity contribution >= 4 is 17.3 Å². The van der Waals surface area contributed by atoms with E-state index in [1.165, 1.54) is 12.3 Å². The smallest absolute Gasteiger partial charge is 0.312 e. The molecule has 0 saturated carbocycles. The normalized spacial score (nSPS) is 17.6. The SMILES string of the molecule is [C-]#[N+]C1(C(=O)N2CCC(n3cc(-c4cc(OC)c5c(C#N)cnn5c4)cn3)CC2)CCN(C(=O)C=C)CC1. The highest BCUT2D eigenvalue weighted by Gasteiger charge is 2.51. The third-order valence-electron chi connectivity index (χ3n) is 7.67. The first-order valence-electron chi connectivity index (χ1n) is 12.5. The second kappa shape index (κ2) is 10.0. The molecule has 2 aliphatic heterocycles. The maximum atomic E-state index is 13.4. The van der Waals surface area contributed by atoms with E-state index in [2.05, 4.69) is 27.7 Å². The lowest BCUT2D eigenvalue weighted by atomic mass is 9.86. The zero-order chi connectivity index (χ0) is 26.9. The van der Waals surface area contributed by atoms with Gasteiger partial charge >= 0.3 is 11.4 Å². The van der Waals surface area contributed by atoms with Crippen molar-refractivity contribution in [2.75, 3.05) is 33.3 Å². The number of rotatable bonds is 5. The molecule has 2 fully saturated rings. The van der Waals surface area contributed by atoms with Gasteiger partial charge in [-0.2, -0.15) is 15.5 Å². The molecule has 0 N–H and O–H groups in total. The first kappa shape index (κ1) is 25.0. The first-order chi connectivity index (χ1) is 18.4. The molecule has 0 radical (unpaired) electrons. The average molecular weight is 513 g/mol. The van der Waals surface area contributed by atoms with Gasteiger partial charge in [-0.3, -0.25) is 19.1 Å². The van der Waals surface area contributed by atoms with Crippen molar-refractivity contribution < 1.29 is 14.3 Å². The monoisotopic (exact) mass is 512 g/mol. The summed E-state index contributed by atoms with van der Waals surface area (Å²) in [5, 5.41) is 18.2. The predicted molar refractivity (Wildman–Crippen MR) is 138 cm³/mol. The zero-order valence-electron chi connectivity index (χ0n) is 21.2. The summed E-state index contributed by atoms with van der Waals surface area (Å²) in [4.78, 5) is 32.5. The van der Waals surface area contributed by atoms with Crippen LogP contribution < -0.4 is 4.74 Å². The Morgan fingerprint density at radius 1 is 1.16 bits per heavy atom. The van der Waals surface area contributed by atoms with Crippen LogP contribution in [0.4, 0.5) is 0 Å². The summed E-state index contributed by atoms with van der Waals surface area (Å²) in [5.41, 5.74) is 1.73. The van der Waals surface area contributed by atoms with Crippen molar-refractivity contribution in [2.45, 2.75) is 37.3 Å². The third kappa shape index (κ3) is 4.26. The van der Waals surface area contributed by atoms with E-state index < -0.39 is 5.54 Å². The number of ether oxygens (including phenoxy) is 1. The number of carbonyl (C=O) groups excluding carboxylic acids is 2. The number of piperidine rings is 2. The number of carbonyl (C=O) groups is 2. The Kier molecular flexibility index (Phi) is 6.60. The van der Waals surface area contributed by atoms with Crippen molar-refractivity contribution in [1.29, 1.82) is 5.26 Å². The number of amides is 2. The lowest BCUT2D eigenvalue weighted by molar-refractivity contribution is -0.140. The highest BCUT2D eigenvalue weighted by Crippen LogP contribution is 2.33. The molecular weight excluding hydrogens is 484 g/mol. The predicted octanol–water partition coefficient (Wildman–Crippen LogP) is 2.71. The third-order valence-corrected chi connectivity index (χ3v) is 7.67. The van der Waals surface area contributed by atoms with Gasteiger partial charge in [0.2, 0.25) is 5.91 Å². The van der Waals surface area contributed by atoms with Crippen molar-refractivity contribution in [2.24, 2.45) is 0 Å². The summed E-state index contributed by atoms with van der Waals surface area (Å²) in [6, 6.07) is 4.14. The number of likely N-dealkylation sites (tertiary alicyclic amines) is 2. The Labute approximate surface area is 220 Å². The fourth-order valence-corrected chi connectivity index (χ4v) is 5.39. The number of hydrogen-bond donors (Lipinski definition) is 0. The summed E-state index contributed by atoms with van der Waals surface area (Å²) in [6.07, 6.45) is 10.6. The Morgan fingerprint density at radius 2 is 1.89 bits per heavy atom. The molecular formula is C27H28N8O3. The topological polar surface area (TPSA) is 113 Å². The molecule has 0 bridgehead atoms. The van der Waals surface area contributed by atoms with E-state index in [1.54, 1.807) is 27.6 Å². The van der Waals surface area contributed by atoms with Crippen molar-refractivity contribution in [3.05, 3.63) is 60.5 Å². The molecule has 5 rings (SSSR count). The number of nitrogens with zero attached hydrogens (tertiary/aromatic N) is 8. The van der Waals surface area contributed by atoms with E-state index >= 15 is 0 Å². The van der Waals surface area contributed by atoms with Crippen molar-refractivity contribution in [1.82, 2.24) is 29.2 Å². The maximum absolute atomic E-state index is 13.4. The molecule has 0 atom stereocenters. The molecule has 3 aromatic rings. The van der Waals surface area contributed by atoms with Crippen LogP contribution in [-0.4, -0.2) is 79.8 Å². The molecule has 5 heterocycles. The fourth-order valence-electron chi connectivity index (χ4n) is 5.39. The quantitative estimate of drug-likeness (QED) is 0.384. The van der Waals surface area contributed by atoms with Crippen LogP contribution in [0.5, 0.6) is 5.75 Å². The van der Waals surface area contributed by atoms with Crippen LogP contribution in [0.2, 0.25) is 0 Å². The lowest BCUT2D eigenvalue weighted by Crippen LogP contribution is -2.55. The van der Waals surface area contributed by atoms with E-state index in [0.717, 1.165) is 24.0 Å². The van der Waals surface area contributed by atoms with Gasteiger partial charge in [0.15, 0.2) is 0 Å². The number of methoxy groups -OCH3 is 1. The minimum Gasteiger partial charge on any atom is -0.494 e.